The SMILES string of the molecule is C/C=C/C=C/C(=O)N(Cc1ccco1)c1ccc(C)cc1. The second kappa shape index (κ2) is 7.29. The Hall–Kier alpha value is -2.55. The molecule has 0 aliphatic rings. The molecule has 0 atom stereocenters. The van der Waals surface area contributed by atoms with E-state index in [0.717, 1.165) is 17.0 Å². The van der Waals surface area contributed by atoms with Crippen LogP contribution in [0.1, 0.15) is 18.2 Å². The lowest BCUT2D eigenvalue weighted by molar-refractivity contribution is -0.114. The fraction of sp³-hybridized carbons (Fsp3) is 0.167. The molecule has 1 heterocycles. The van der Waals surface area contributed by atoms with E-state index in [1.165, 1.54) is 0 Å². The number of hydrogen-bond acceptors (Lipinski definition) is 2. The van der Waals surface area contributed by atoms with Crippen LogP contribution in [0.25, 0.3) is 0 Å². The molecule has 2 rings (SSSR count). The number of benzene rings is 1. The molecule has 1 aromatic carbocycles. The number of aryl methyl sites for hydroxylation is 1. The molecule has 21 heavy (non-hydrogen) atoms. The van der Waals surface area contributed by atoms with Crippen LogP contribution in [0.2, 0.25) is 0 Å². The van der Waals surface area contributed by atoms with Crippen LogP contribution >= 0.6 is 0 Å². The second-order valence-corrected chi connectivity index (χ2v) is 4.72. The smallest absolute Gasteiger partial charge is 0.251 e. The summed E-state index contributed by atoms with van der Waals surface area (Å²) in [6, 6.07) is 11.6. The number of anilines is 1. The Labute approximate surface area is 125 Å². The van der Waals surface area contributed by atoms with E-state index in [0.29, 0.717) is 6.54 Å². The minimum Gasteiger partial charge on any atom is -0.467 e. The Morgan fingerprint density at radius 1 is 1.19 bits per heavy atom. The predicted octanol–water partition coefficient (Wildman–Crippen LogP) is 4.25. The molecular formula is C18H19NO2. The quantitative estimate of drug-likeness (QED) is 0.606. The molecule has 3 nitrogen and oxygen atoms in total. The van der Waals surface area contributed by atoms with Crippen LogP contribution in [0.15, 0.2) is 71.4 Å². The molecule has 108 valence electrons. The number of amides is 1. The van der Waals surface area contributed by atoms with Crippen molar-refractivity contribution in [2.24, 2.45) is 0 Å². The minimum absolute atomic E-state index is 0.0756. The van der Waals surface area contributed by atoms with Crippen LogP contribution in [0.3, 0.4) is 0 Å². The Balaban J connectivity index is 2.25. The number of carbonyl (C=O) groups is 1. The highest BCUT2D eigenvalue weighted by Crippen LogP contribution is 2.19. The monoisotopic (exact) mass is 281 g/mol. The van der Waals surface area contributed by atoms with Gasteiger partial charge in [-0.3, -0.25) is 4.79 Å². The average molecular weight is 281 g/mol. The number of furan rings is 1. The third kappa shape index (κ3) is 4.21. The third-order valence-electron chi connectivity index (χ3n) is 3.05. The molecule has 3 heteroatoms. The molecule has 0 fully saturated rings. The molecule has 0 bridgehead atoms. The largest absolute Gasteiger partial charge is 0.467 e. The summed E-state index contributed by atoms with van der Waals surface area (Å²) in [5.41, 5.74) is 2.01. The topological polar surface area (TPSA) is 33.5 Å². The van der Waals surface area contributed by atoms with E-state index >= 15 is 0 Å². The van der Waals surface area contributed by atoms with Gasteiger partial charge in [-0.15, -0.1) is 0 Å². The fourth-order valence-corrected chi connectivity index (χ4v) is 1.92. The average Bonchev–Trinajstić information content (AvgIpc) is 2.99. The summed E-state index contributed by atoms with van der Waals surface area (Å²) in [4.78, 5) is 14.1. The van der Waals surface area contributed by atoms with Gasteiger partial charge in [-0.25, -0.2) is 0 Å². The molecule has 0 unspecified atom stereocenters. The Morgan fingerprint density at radius 2 is 1.95 bits per heavy atom. The first-order valence-electron chi connectivity index (χ1n) is 6.90. The standard InChI is InChI=1S/C18H19NO2/c1-3-4-5-8-18(20)19(14-17-7-6-13-21-17)16-11-9-15(2)10-12-16/h3-13H,14H2,1-2H3/b4-3+,8-5+. The summed E-state index contributed by atoms with van der Waals surface area (Å²) in [5.74, 6) is 0.678. The van der Waals surface area contributed by atoms with Crippen LogP contribution in [0, 0.1) is 6.92 Å². The van der Waals surface area contributed by atoms with E-state index in [4.69, 9.17) is 4.42 Å². The van der Waals surface area contributed by atoms with Gasteiger partial charge in [0.15, 0.2) is 0 Å². The van der Waals surface area contributed by atoms with Crippen molar-refractivity contribution in [2.45, 2.75) is 20.4 Å². The van der Waals surface area contributed by atoms with Crippen molar-refractivity contribution in [3.63, 3.8) is 0 Å². The summed E-state index contributed by atoms with van der Waals surface area (Å²) in [5, 5.41) is 0. The molecule has 1 aromatic heterocycles. The van der Waals surface area contributed by atoms with Crippen LogP contribution in [0.4, 0.5) is 5.69 Å². The molecule has 0 spiro atoms. The number of nitrogens with zero attached hydrogens (tertiary/aromatic N) is 1. The molecule has 1 amide bonds. The maximum Gasteiger partial charge on any atom is 0.251 e. The van der Waals surface area contributed by atoms with Gasteiger partial charge in [-0.2, -0.15) is 0 Å². The molecule has 2 aromatic rings. The maximum absolute atomic E-state index is 12.4. The van der Waals surface area contributed by atoms with Gasteiger partial charge in [-0.05, 0) is 38.1 Å². The zero-order valence-corrected chi connectivity index (χ0v) is 12.3. The number of carbonyl (C=O) groups excluding carboxylic acids is 1. The molecule has 0 radical (unpaired) electrons. The van der Waals surface area contributed by atoms with Crippen LogP contribution in [-0.4, -0.2) is 5.91 Å². The highest BCUT2D eigenvalue weighted by atomic mass is 16.3. The zero-order valence-electron chi connectivity index (χ0n) is 12.3. The van der Waals surface area contributed by atoms with Gasteiger partial charge < -0.3 is 9.32 Å². The third-order valence-corrected chi connectivity index (χ3v) is 3.05. The molecular weight excluding hydrogens is 262 g/mol. The molecule has 0 aliphatic heterocycles. The van der Waals surface area contributed by atoms with Crippen molar-refractivity contribution in [3.8, 4) is 0 Å². The number of allylic oxidation sites excluding steroid dienone is 3. The first-order chi connectivity index (χ1) is 10.2. The van der Waals surface area contributed by atoms with Gasteiger partial charge in [0.2, 0.25) is 0 Å². The van der Waals surface area contributed by atoms with Crippen molar-refractivity contribution in [1.82, 2.24) is 0 Å². The maximum atomic E-state index is 12.4. The number of hydrogen-bond donors (Lipinski definition) is 0. The van der Waals surface area contributed by atoms with Crippen molar-refractivity contribution in [3.05, 3.63) is 78.3 Å². The van der Waals surface area contributed by atoms with Gasteiger partial charge in [0, 0.05) is 11.8 Å². The van der Waals surface area contributed by atoms with Gasteiger partial charge in [0.1, 0.15) is 5.76 Å². The van der Waals surface area contributed by atoms with E-state index in [1.807, 2.05) is 62.4 Å². The van der Waals surface area contributed by atoms with Crippen molar-refractivity contribution >= 4 is 11.6 Å². The lowest BCUT2D eigenvalue weighted by atomic mass is 10.2. The van der Waals surface area contributed by atoms with Gasteiger partial charge in [-0.1, -0.05) is 35.9 Å². The Kier molecular flexibility index (Phi) is 5.16. The molecule has 0 N–H and O–H groups in total. The fourth-order valence-electron chi connectivity index (χ4n) is 1.92. The van der Waals surface area contributed by atoms with Gasteiger partial charge >= 0.3 is 0 Å². The van der Waals surface area contributed by atoms with E-state index in [2.05, 4.69) is 0 Å². The van der Waals surface area contributed by atoms with Crippen LogP contribution in [0.5, 0.6) is 0 Å². The first kappa shape index (κ1) is 14.9. The highest BCUT2D eigenvalue weighted by Gasteiger charge is 2.14. The lowest BCUT2D eigenvalue weighted by Crippen LogP contribution is -2.28. The van der Waals surface area contributed by atoms with Gasteiger partial charge in [0.05, 0.1) is 12.8 Å². The van der Waals surface area contributed by atoms with Crippen LogP contribution < -0.4 is 4.90 Å². The highest BCUT2D eigenvalue weighted by molar-refractivity contribution is 6.01. The van der Waals surface area contributed by atoms with Crippen LogP contribution in [-0.2, 0) is 11.3 Å². The van der Waals surface area contributed by atoms with E-state index < -0.39 is 0 Å². The molecule has 0 saturated heterocycles. The molecule has 0 saturated carbocycles. The Morgan fingerprint density at radius 3 is 2.57 bits per heavy atom. The zero-order chi connectivity index (χ0) is 15.1. The van der Waals surface area contributed by atoms with Crippen molar-refractivity contribution in [1.29, 1.82) is 0 Å². The van der Waals surface area contributed by atoms with E-state index in [1.54, 1.807) is 23.3 Å². The summed E-state index contributed by atoms with van der Waals surface area (Å²) in [7, 11) is 0. The van der Waals surface area contributed by atoms with Crippen molar-refractivity contribution < 1.29 is 9.21 Å². The van der Waals surface area contributed by atoms with E-state index in [-0.39, 0.29) is 5.91 Å². The van der Waals surface area contributed by atoms with E-state index in [9.17, 15) is 4.79 Å². The summed E-state index contributed by atoms with van der Waals surface area (Å²) >= 11 is 0. The number of rotatable bonds is 5. The predicted molar refractivity (Wildman–Crippen MR) is 85.0 cm³/mol. The Bertz CT molecular complexity index is 622. The minimum atomic E-state index is -0.0756. The van der Waals surface area contributed by atoms with Gasteiger partial charge in [0.25, 0.3) is 5.91 Å². The summed E-state index contributed by atoms with van der Waals surface area (Å²) in [6.45, 7) is 4.35. The lowest BCUT2D eigenvalue weighted by Gasteiger charge is -2.20. The second-order valence-electron chi connectivity index (χ2n) is 4.72. The first-order valence-corrected chi connectivity index (χ1v) is 6.90. The normalized spacial score (nSPS) is 11.3. The summed E-state index contributed by atoms with van der Waals surface area (Å²) < 4.78 is 5.35. The molecule has 0 aliphatic carbocycles. The summed E-state index contributed by atoms with van der Waals surface area (Å²) in [6.07, 6.45) is 8.63. The van der Waals surface area contributed by atoms with Crippen molar-refractivity contribution in [2.75, 3.05) is 4.90 Å².